The summed E-state index contributed by atoms with van der Waals surface area (Å²) in [4.78, 5) is 14.3. The summed E-state index contributed by atoms with van der Waals surface area (Å²) in [6.45, 7) is 4.32. The molecule has 0 aromatic heterocycles. The lowest BCUT2D eigenvalue weighted by molar-refractivity contribution is -0.114. The number of ether oxygens (including phenoxy) is 2. The van der Waals surface area contributed by atoms with Gasteiger partial charge in [-0.3, -0.25) is 4.79 Å². The van der Waals surface area contributed by atoms with Crippen molar-refractivity contribution in [1.29, 1.82) is 0 Å². The fourth-order valence-corrected chi connectivity index (χ4v) is 2.53. The number of anilines is 2. The van der Waals surface area contributed by atoms with Crippen LogP contribution in [0.3, 0.4) is 0 Å². The molecule has 24 heavy (non-hydrogen) atoms. The monoisotopic (exact) mass is 328 g/mol. The van der Waals surface area contributed by atoms with E-state index in [2.05, 4.69) is 23.5 Å². The summed E-state index contributed by atoms with van der Waals surface area (Å²) in [7, 11) is 5.06. The van der Waals surface area contributed by atoms with Crippen LogP contribution in [0.2, 0.25) is 0 Å². The molecule has 2 rings (SSSR count). The first-order valence-corrected chi connectivity index (χ1v) is 7.75. The Morgan fingerprint density at radius 1 is 1.08 bits per heavy atom. The molecule has 0 atom stereocenters. The van der Waals surface area contributed by atoms with Gasteiger partial charge in [-0.05, 0) is 43.2 Å². The van der Waals surface area contributed by atoms with Gasteiger partial charge in [-0.15, -0.1) is 0 Å². The molecule has 0 aliphatic carbocycles. The second-order valence-electron chi connectivity index (χ2n) is 5.76. The number of likely N-dealkylation sites (N-methyl/N-ethyl adjacent to an activating group) is 1. The average Bonchev–Trinajstić information content (AvgIpc) is 2.56. The van der Waals surface area contributed by atoms with Crippen LogP contribution in [0, 0.1) is 13.8 Å². The Labute approximate surface area is 143 Å². The Hall–Kier alpha value is -2.69. The second-order valence-corrected chi connectivity index (χ2v) is 5.76. The molecule has 0 unspecified atom stereocenters. The van der Waals surface area contributed by atoms with Crippen molar-refractivity contribution >= 4 is 17.3 Å². The van der Waals surface area contributed by atoms with Crippen molar-refractivity contribution in [3.05, 3.63) is 47.5 Å². The van der Waals surface area contributed by atoms with Gasteiger partial charge in [-0.2, -0.15) is 0 Å². The van der Waals surface area contributed by atoms with Crippen molar-refractivity contribution < 1.29 is 14.3 Å². The first-order chi connectivity index (χ1) is 11.4. The summed E-state index contributed by atoms with van der Waals surface area (Å²) < 4.78 is 10.5. The van der Waals surface area contributed by atoms with Gasteiger partial charge < -0.3 is 19.7 Å². The summed E-state index contributed by atoms with van der Waals surface area (Å²) in [5.74, 6) is 1.14. The van der Waals surface area contributed by atoms with E-state index < -0.39 is 0 Å². The first kappa shape index (κ1) is 17.7. The van der Waals surface area contributed by atoms with Gasteiger partial charge in [0, 0.05) is 18.8 Å². The highest BCUT2D eigenvalue weighted by Crippen LogP contribution is 2.29. The summed E-state index contributed by atoms with van der Waals surface area (Å²) in [5, 5.41) is 2.89. The minimum atomic E-state index is -0.120. The van der Waals surface area contributed by atoms with Crippen LogP contribution in [-0.2, 0) is 4.79 Å². The standard InChI is InChI=1S/C19H24N2O3/c1-13-6-7-14(2)17(10-13)21(3)12-19(22)20-16-11-15(23-4)8-9-18(16)24-5/h6-11H,12H2,1-5H3,(H,20,22). The topological polar surface area (TPSA) is 50.8 Å². The molecule has 1 N–H and O–H groups in total. The molecule has 0 radical (unpaired) electrons. The summed E-state index contributed by atoms with van der Waals surface area (Å²) in [6, 6.07) is 11.5. The molecule has 0 fully saturated rings. The molecule has 0 saturated carbocycles. The lowest BCUT2D eigenvalue weighted by atomic mass is 10.1. The van der Waals surface area contributed by atoms with Gasteiger partial charge in [-0.25, -0.2) is 0 Å². The zero-order valence-electron chi connectivity index (χ0n) is 14.8. The van der Waals surface area contributed by atoms with E-state index in [1.807, 2.05) is 25.8 Å². The maximum absolute atomic E-state index is 12.4. The molecular formula is C19H24N2O3. The molecule has 0 heterocycles. The molecule has 5 heteroatoms. The molecule has 0 saturated heterocycles. The first-order valence-electron chi connectivity index (χ1n) is 7.75. The molecule has 2 aromatic carbocycles. The van der Waals surface area contributed by atoms with E-state index >= 15 is 0 Å². The number of hydrogen-bond acceptors (Lipinski definition) is 4. The van der Waals surface area contributed by atoms with Gasteiger partial charge in [-0.1, -0.05) is 12.1 Å². The highest BCUT2D eigenvalue weighted by molar-refractivity contribution is 5.95. The number of amides is 1. The molecule has 5 nitrogen and oxygen atoms in total. The summed E-state index contributed by atoms with van der Waals surface area (Å²) in [5.41, 5.74) is 3.94. The highest BCUT2D eigenvalue weighted by atomic mass is 16.5. The van der Waals surface area contributed by atoms with Gasteiger partial charge in [0.05, 0.1) is 26.5 Å². The normalized spacial score (nSPS) is 10.2. The van der Waals surface area contributed by atoms with E-state index in [4.69, 9.17) is 9.47 Å². The minimum absolute atomic E-state index is 0.120. The lowest BCUT2D eigenvalue weighted by Crippen LogP contribution is -2.30. The van der Waals surface area contributed by atoms with Crippen LogP contribution in [0.1, 0.15) is 11.1 Å². The van der Waals surface area contributed by atoms with E-state index in [1.165, 1.54) is 0 Å². The third kappa shape index (κ3) is 4.19. The van der Waals surface area contributed by atoms with Crippen molar-refractivity contribution in [1.82, 2.24) is 0 Å². The molecular weight excluding hydrogens is 304 g/mol. The Morgan fingerprint density at radius 3 is 2.50 bits per heavy atom. The van der Waals surface area contributed by atoms with Crippen LogP contribution >= 0.6 is 0 Å². The second kappa shape index (κ2) is 7.73. The molecule has 0 aliphatic rings. The predicted molar refractivity (Wildman–Crippen MR) is 97.4 cm³/mol. The van der Waals surface area contributed by atoms with Gasteiger partial charge in [0.15, 0.2) is 0 Å². The van der Waals surface area contributed by atoms with E-state index in [-0.39, 0.29) is 12.5 Å². The van der Waals surface area contributed by atoms with E-state index in [0.29, 0.717) is 17.2 Å². The number of carbonyl (C=O) groups is 1. The Kier molecular flexibility index (Phi) is 5.68. The number of aryl methyl sites for hydroxylation is 2. The van der Waals surface area contributed by atoms with Crippen LogP contribution in [0.15, 0.2) is 36.4 Å². The van der Waals surface area contributed by atoms with Crippen molar-refractivity contribution in [3.8, 4) is 11.5 Å². The van der Waals surface area contributed by atoms with E-state index in [9.17, 15) is 4.79 Å². The number of nitrogens with one attached hydrogen (secondary N) is 1. The summed E-state index contributed by atoms with van der Waals surface area (Å²) >= 11 is 0. The molecule has 0 spiro atoms. The third-order valence-electron chi connectivity index (χ3n) is 3.84. The van der Waals surface area contributed by atoms with Crippen LogP contribution in [0.4, 0.5) is 11.4 Å². The van der Waals surface area contributed by atoms with Crippen molar-refractivity contribution in [2.75, 3.05) is 38.0 Å². The van der Waals surface area contributed by atoms with Crippen molar-refractivity contribution in [3.63, 3.8) is 0 Å². The maximum Gasteiger partial charge on any atom is 0.243 e. The molecule has 1 amide bonds. The molecule has 2 aromatic rings. The lowest BCUT2D eigenvalue weighted by Gasteiger charge is -2.22. The van der Waals surface area contributed by atoms with Gasteiger partial charge >= 0.3 is 0 Å². The Morgan fingerprint density at radius 2 is 1.83 bits per heavy atom. The van der Waals surface area contributed by atoms with Crippen molar-refractivity contribution in [2.24, 2.45) is 0 Å². The van der Waals surface area contributed by atoms with E-state index in [0.717, 1.165) is 16.8 Å². The molecule has 0 aliphatic heterocycles. The highest BCUT2D eigenvalue weighted by Gasteiger charge is 2.13. The van der Waals surface area contributed by atoms with Crippen LogP contribution in [0.25, 0.3) is 0 Å². The predicted octanol–water partition coefficient (Wildman–Crippen LogP) is 3.40. The fourth-order valence-electron chi connectivity index (χ4n) is 2.53. The molecule has 128 valence electrons. The number of carbonyl (C=O) groups excluding carboxylic acids is 1. The average molecular weight is 328 g/mol. The van der Waals surface area contributed by atoms with E-state index in [1.54, 1.807) is 32.4 Å². The quantitative estimate of drug-likeness (QED) is 0.883. The fraction of sp³-hybridized carbons (Fsp3) is 0.316. The number of nitrogens with zero attached hydrogens (tertiary/aromatic N) is 1. The minimum Gasteiger partial charge on any atom is -0.497 e. The van der Waals surface area contributed by atoms with Crippen molar-refractivity contribution in [2.45, 2.75) is 13.8 Å². The number of benzene rings is 2. The number of methoxy groups -OCH3 is 2. The maximum atomic E-state index is 12.4. The zero-order chi connectivity index (χ0) is 17.7. The Bertz CT molecular complexity index is 729. The Balaban J connectivity index is 2.11. The van der Waals surface area contributed by atoms with Gasteiger partial charge in [0.2, 0.25) is 5.91 Å². The van der Waals surface area contributed by atoms with Crippen LogP contribution < -0.4 is 19.7 Å². The third-order valence-corrected chi connectivity index (χ3v) is 3.84. The van der Waals surface area contributed by atoms with Crippen LogP contribution in [0.5, 0.6) is 11.5 Å². The molecule has 0 bridgehead atoms. The van der Waals surface area contributed by atoms with Gasteiger partial charge in [0.25, 0.3) is 0 Å². The zero-order valence-corrected chi connectivity index (χ0v) is 14.8. The SMILES string of the molecule is COc1ccc(OC)c(NC(=O)CN(C)c2cc(C)ccc2C)c1. The largest absolute Gasteiger partial charge is 0.497 e. The smallest absolute Gasteiger partial charge is 0.243 e. The number of hydrogen-bond donors (Lipinski definition) is 1. The van der Waals surface area contributed by atoms with Crippen LogP contribution in [-0.4, -0.2) is 33.7 Å². The summed E-state index contributed by atoms with van der Waals surface area (Å²) in [6.07, 6.45) is 0. The number of rotatable bonds is 6. The van der Waals surface area contributed by atoms with Gasteiger partial charge in [0.1, 0.15) is 11.5 Å².